The van der Waals surface area contributed by atoms with Gasteiger partial charge in [0.2, 0.25) is 0 Å². The topological polar surface area (TPSA) is 36.9 Å². The summed E-state index contributed by atoms with van der Waals surface area (Å²) in [6.45, 7) is 9.54. The molecule has 1 heterocycles. The zero-order valence-corrected chi connectivity index (χ0v) is 17.9. The molecule has 25 heavy (non-hydrogen) atoms. The van der Waals surface area contributed by atoms with E-state index in [1.54, 1.807) is 0 Å². The van der Waals surface area contributed by atoms with Crippen LogP contribution in [0.1, 0.15) is 38.7 Å². The van der Waals surface area contributed by atoms with Crippen LogP contribution in [0.2, 0.25) is 0 Å². The van der Waals surface area contributed by atoms with Gasteiger partial charge in [0.15, 0.2) is 5.96 Å². The second kappa shape index (κ2) is 13.2. The molecule has 140 valence electrons. The molecule has 0 radical (unpaired) electrons. The number of aliphatic imine (C=N–C) groups is 1. The summed E-state index contributed by atoms with van der Waals surface area (Å²) in [7, 11) is 0. The zero-order chi connectivity index (χ0) is 17.0. The van der Waals surface area contributed by atoms with Crippen molar-refractivity contribution >= 4 is 36.0 Å². The van der Waals surface area contributed by atoms with E-state index in [-0.39, 0.29) is 24.0 Å². The van der Waals surface area contributed by atoms with E-state index in [1.165, 1.54) is 11.1 Å². The number of guanidine groups is 1. The molecule has 0 aromatic heterocycles. The van der Waals surface area contributed by atoms with Crippen LogP contribution in [0.3, 0.4) is 0 Å². The van der Waals surface area contributed by atoms with Gasteiger partial charge in [-0.1, -0.05) is 42.0 Å². The maximum atomic E-state index is 5.38. The largest absolute Gasteiger partial charge is 0.382 e. The fourth-order valence-electron chi connectivity index (χ4n) is 2.86. The highest BCUT2D eigenvalue weighted by Crippen LogP contribution is 2.19. The average molecular weight is 457 g/mol. The molecule has 0 aliphatic carbocycles. The molecule has 2 rings (SSSR count). The van der Waals surface area contributed by atoms with E-state index in [1.807, 2.05) is 6.92 Å². The molecule has 0 bridgehead atoms. The zero-order valence-electron chi connectivity index (χ0n) is 15.5. The third-order valence-corrected chi connectivity index (χ3v) is 4.12. The molecular weight excluding hydrogens is 425 g/mol. The van der Waals surface area contributed by atoms with Gasteiger partial charge in [-0.05, 0) is 38.7 Å². The number of nitrogens with zero attached hydrogens (tertiary/aromatic N) is 2. The van der Waals surface area contributed by atoms with Gasteiger partial charge >= 0.3 is 0 Å². The number of likely N-dealkylation sites (tertiary alicyclic amines) is 1. The fraction of sp³-hybridized carbons (Fsp3) is 0.550. The normalized spacial score (nSPS) is 14.9. The Morgan fingerprint density at radius 3 is 2.56 bits per heavy atom. The highest BCUT2D eigenvalue weighted by molar-refractivity contribution is 14.0. The number of ether oxygens (including phenoxy) is 1. The van der Waals surface area contributed by atoms with Gasteiger partial charge in [-0.15, -0.1) is 24.0 Å². The summed E-state index contributed by atoms with van der Waals surface area (Å²) in [4.78, 5) is 7.13. The highest BCUT2D eigenvalue weighted by atomic mass is 127. The highest BCUT2D eigenvalue weighted by Gasteiger charge is 2.16. The van der Waals surface area contributed by atoms with E-state index in [0.29, 0.717) is 0 Å². The molecule has 0 amide bonds. The van der Waals surface area contributed by atoms with Crippen molar-refractivity contribution in [3.8, 4) is 0 Å². The van der Waals surface area contributed by atoms with Crippen molar-refractivity contribution in [2.45, 2.75) is 33.1 Å². The predicted octanol–water partition coefficient (Wildman–Crippen LogP) is 4.18. The number of hydrogen-bond acceptors (Lipinski definition) is 2. The third kappa shape index (κ3) is 8.23. The van der Waals surface area contributed by atoms with Gasteiger partial charge in [0.25, 0.3) is 0 Å². The Morgan fingerprint density at radius 2 is 1.92 bits per heavy atom. The summed E-state index contributed by atoms with van der Waals surface area (Å²) in [5, 5.41) is 3.42. The molecule has 1 aromatic rings. The van der Waals surface area contributed by atoms with Crippen molar-refractivity contribution in [3.63, 3.8) is 0 Å². The fourth-order valence-corrected chi connectivity index (χ4v) is 2.86. The maximum absolute atomic E-state index is 5.38. The molecule has 1 aliphatic heterocycles. The van der Waals surface area contributed by atoms with Gasteiger partial charge in [0, 0.05) is 39.4 Å². The first-order valence-corrected chi connectivity index (χ1v) is 9.19. The Hall–Kier alpha value is -1.08. The van der Waals surface area contributed by atoms with Crippen LogP contribution in [0.15, 0.2) is 40.9 Å². The summed E-state index contributed by atoms with van der Waals surface area (Å²) in [5.41, 5.74) is 2.84. The number of benzene rings is 1. The molecule has 1 aromatic carbocycles. The van der Waals surface area contributed by atoms with Crippen molar-refractivity contribution in [1.29, 1.82) is 0 Å². The molecular formula is C20H32IN3O. The lowest BCUT2D eigenvalue weighted by molar-refractivity contribution is 0.146. The Morgan fingerprint density at radius 1 is 1.20 bits per heavy atom. The van der Waals surface area contributed by atoms with Crippen LogP contribution in [0.4, 0.5) is 0 Å². The quantitative estimate of drug-likeness (QED) is 0.289. The number of nitrogens with one attached hydrogen (secondary N) is 1. The third-order valence-electron chi connectivity index (χ3n) is 4.12. The molecule has 0 unspecified atom stereocenters. The Balaban J connectivity index is 0.00000312. The van der Waals surface area contributed by atoms with Crippen molar-refractivity contribution in [2.75, 3.05) is 39.4 Å². The van der Waals surface area contributed by atoms with Gasteiger partial charge in [-0.2, -0.15) is 0 Å². The minimum absolute atomic E-state index is 0. The van der Waals surface area contributed by atoms with Gasteiger partial charge < -0.3 is 15.0 Å². The predicted molar refractivity (Wildman–Crippen MR) is 118 cm³/mol. The smallest absolute Gasteiger partial charge is 0.193 e. The lowest BCUT2D eigenvalue weighted by Gasteiger charge is -2.31. The minimum Gasteiger partial charge on any atom is -0.382 e. The van der Waals surface area contributed by atoms with E-state index in [2.05, 4.69) is 53.5 Å². The molecule has 5 heteroatoms. The van der Waals surface area contributed by atoms with Crippen LogP contribution < -0.4 is 5.32 Å². The van der Waals surface area contributed by atoms with Gasteiger partial charge in [0.05, 0.1) is 0 Å². The van der Waals surface area contributed by atoms with E-state index < -0.39 is 0 Å². The second-order valence-electron chi connectivity index (χ2n) is 5.99. The molecule has 0 saturated carbocycles. The second-order valence-corrected chi connectivity index (χ2v) is 5.99. The van der Waals surface area contributed by atoms with E-state index in [9.17, 15) is 0 Å². The van der Waals surface area contributed by atoms with Gasteiger partial charge in [0.1, 0.15) is 0 Å². The van der Waals surface area contributed by atoms with E-state index in [0.717, 1.165) is 64.6 Å². The molecule has 1 saturated heterocycles. The molecule has 0 atom stereocenters. The van der Waals surface area contributed by atoms with Crippen molar-refractivity contribution < 1.29 is 4.74 Å². The Labute approximate surface area is 169 Å². The summed E-state index contributed by atoms with van der Waals surface area (Å²) in [5.74, 6) is 1.05. The summed E-state index contributed by atoms with van der Waals surface area (Å²) in [6.07, 6.45) is 5.54. The molecule has 1 fully saturated rings. The van der Waals surface area contributed by atoms with Crippen LogP contribution in [0.5, 0.6) is 0 Å². The first-order valence-electron chi connectivity index (χ1n) is 9.19. The van der Waals surface area contributed by atoms with Crippen LogP contribution >= 0.6 is 24.0 Å². The van der Waals surface area contributed by atoms with Gasteiger partial charge in [-0.3, -0.25) is 4.99 Å². The molecule has 1 N–H and O–H groups in total. The van der Waals surface area contributed by atoms with E-state index in [4.69, 9.17) is 9.73 Å². The SMILES string of the molecule is CCNC(=NCCCOCC)N1CCC(=Cc2ccccc2)CC1.I. The van der Waals surface area contributed by atoms with Crippen molar-refractivity contribution in [2.24, 2.45) is 4.99 Å². The number of hydrogen-bond donors (Lipinski definition) is 1. The first kappa shape index (κ1) is 22.0. The van der Waals surface area contributed by atoms with Crippen molar-refractivity contribution in [3.05, 3.63) is 41.5 Å². The number of piperidine rings is 1. The summed E-state index contributed by atoms with van der Waals surface area (Å²) >= 11 is 0. The standard InChI is InChI=1S/C20H31N3O.HI/c1-3-21-20(22-13-8-16-24-4-2)23-14-11-19(12-15-23)17-18-9-6-5-7-10-18;/h5-7,9-10,17H,3-4,8,11-16H2,1-2H3,(H,21,22);1H. The van der Waals surface area contributed by atoms with Gasteiger partial charge in [-0.25, -0.2) is 0 Å². The monoisotopic (exact) mass is 457 g/mol. The van der Waals surface area contributed by atoms with E-state index >= 15 is 0 Å². The summed E-state index contributed by atoms with van der Waals surface area (Å²) < 4.78 is 5.38. The maximum Gasteiger partial charge on any atom is 0.193 e. The molecule has 1 aliphatic rings. The molecule has 0 spiro atoms. The van der Waals surface area contributed by atoms with Crippen LogP contribution in [-0.2, 0) is 4.74 Å². The van der Waals surface area contributed by atoms with Crippen molar-refractivity contribution in [1.82, 2.24) is 10.2 Å². The Bertz CT molecular complexity index is 521. The van der Waals surface area contributed by atoms with Crippen LogP contribution in [0, 0.1) is 0 Å². The van der Waals surface area contributed by atoms with Crippen LogP contribution in [-0.4, -0.2) is 50.3 Å². The first-order chi connectivity index (χ1) is 11.8. The number of halogens is 1. The summed E-state index contributed by atoms with van der Waals surface area (Å²) in [6, 6.07) is 10.6. The lowest BCUT2D eigenvalue weighted by Crippen LogP contribution is -2.44. The number of rotatable bonds is 7. The average Bonchev–Trinajstić information content (AvgIpc) is 2.62. The lowest BCUT2D eigenvalue weighted by atomic mass is 10.0. The van der Waals surface area contributed by atoms with Crippen LogP contribution in [0.25, 0.3) is 6.08 Å². The molecule has 4 nitrogen and oxygen atoms in total. The minimum atomic E-state index is 0. The Kier molecular flexibility index (Phi) is 11.6.